The molecule has 2 N–H and O–H groups in total. The molecule has 0 spiro atoms. The predicted octanol–water partition coefficient (Wildman–Crippen LogP) is 5.41. The number of fused-ring (bicyclic) bond motifs is 2. The van der Waals surface area contributed by atoms with Gasteiger partial charge in [-0.1, -0.05) is 40.2 Å². The number of carbonyl (C=O) groups is 2. The molecule has 6 aromatic rings. The van der Waals surface area contributed by atoms with E-state index in [1.165, 1.54) is 27.5 Å². The third-order valence-electron chi connectivity index (χ3n) is 9.30. The first-order chi connectivity index (χ1) is 25.3. The number of aromatic nitrogens is 6. The van der Waals surface area contributed by atoms with E-state index in [4.69, 9.17) is 0 Å². The van der Waals surface area contributed by atoms with Gasteiger partial charge in [0.25, 0.3) is 11.8 Å². The molecule has 2 amide bonds. The molecule has 2 atom stereocenters. The van der Waals surface area contributed by atoms with Gasteiger partial charge in [0.05, 0.1) is 36.2 Å². The molecule has 7 rings (SSSR count). The molecule has 1 aliphatic heterocycles. The zero-order valence-electron chi connectivity index (χ0n) is 28.4. The van der Waals surface area contributed by atoms with Crippen molar-refractivity contribution >= 4 is 38.6 Å². The Morgan fingerprint density at radius 3 is 2.55 bits per heavy atom. The van der Waals surface area contributed by atoms with E-state index in [9.17, 15) is 32.7 Å². The van der Waals surface area contributed by atoms with Gasteiger partial charge in [0, 0.05) is 52.5 Å². The first-order valence-corrected chi connectivity index (χ1v) is 17.4. The van der Waals surface area contributed by atoms with Crippen molar-refractivity contribution in [2.45, 2.75) is 58.3 Å². The summed E-state index contributed by atoms with van der Waals surface area (Å²) in [5.74, 6) is -0.388. The van der Waals surface area contributed by atoms with Crippen LogP contribution in [0.4, 0.5) is 13.2 Å². The molecule has 0 unspecified atom stereocenters. The molecule has 3 aromatic carbocycles. The van der Waals surface area contributed by atoms with Gasteiger partial charge in [-0.25, -0.2) is 14.8 Å². The number of nitrogens with zero attached hydrogens (tertiary/aromatic N) is 7. The van der Waals surface area contributed by atoms with Gasteiger partial charge in [-0.2, -0.15) is 18.3 Å². The van der Waals surface area contributed by atoms with Crippen LogP contribution in [0.1, 0.15) is 44.6 Å². The summed E-state index contributed by atoms with van der Waals surface area (Å²) in [6.45, 7) is 2.99. The van der Waals surface area contributed by atoms with E-state index in [0.717, 1.165) is 20.3 Å². The number of hydrogen-bond acceptors (Lipinski definition) is 7. The SMILES string of the molecule is Cc1cc(C(=O)N2Cc3c(C(=O)NCc4ccccc4-c4ncccn4)n(-c4ccc5c(cnn5C[C@H](O)C(F)(F)F)c4)c(=O)n3C[C@H]2C)ccc1Br. The van der Waals surface area contributed by atoms with Crippen LogP contribution in [0.15, 0.2) is 94.6 Å². The van der Waals surface area contributed by atoms with Gasteiger partial charge < -0.3 is 15.3 Å². The number of aliphatic hydroxyl groups is 1. The Bertz CT molecular complexity index is 2420. The Morgan fingerprint density at radius 2 is 1.81 bits per heavy atom. The number of hydrogen-bond donors (Lipinski definition) is 2. The van der Waals surface area contributed by atoms with Crippen LogP contribution in [0.2, 0.25) is 0 Å². The standard InChI is InChI=1S/C37H32BrF3N8O4/c1-21-14-23(8-10-28(21)38)35(52)46-19-30-32(34(51)44-16-24-6-3-4-7-27(24)33-42-12-5-13-43-33)49(36(53)47(30)18-22(46)2)26-9-11-29-25(15-26)17-45-48(29)20-31(50)37(39,40)41/h3-15,17,22,31,50H,16,18-20H2,1-2H3,(H,44,51)/t22-,31+/m1/s1. The number of carbonyl (C=O) groups excluding carboxylic acids is 2. The summed E-state index contributed by atoms with van der Waals surface area (Å²) < 4.78 is 44.0. The van der Waals surface area contributed by atoms with Gasteiger partial charge >= 0.3 is 11.9 Å². The highest BCUT2D eigenvalue weighted by atomic mass is 79.9. The summed E-state index contributed by atoms with van der Waals surface area (Å²) in [7, 11) is 0. The summed E-state index contributed by atoms with van der Waals surface area (Å²) in [6, 6.07) is 18.4. The van der Waals surface area contributed by atoms with Crippen LogP contribution >= 0.6 is 15.9 Å². The summed E-state index contributed by atoms with van der Waals surface area (Å²) in [5, 5.41) is 17.0. The van der Waals surface area contributed by atoms with Crippen molar-refractivity contribution in [3.63, 3.8) is 0 Å². The van der Waals surface area contributed by atoms with Crippen molar-refractivity contribution in [2.24, 2.45) is 0 Å². The average molecular weight is 790 g/mol. The van der Waals surface area contributed by atoms with Crippen molar-refractivity contribution in [1.29, 1.82) is 0 Å². The lowest BCUT2D eigenvalue weighted by Gasteiger charge is -2.34. The molecule has 0 saturated heterocycles. The highest BCUT2D eigenvalue weighted by Crippen LogP contribution is 2.28. The van der Waals surface area contributed by atoms with E-state index in [2.05, 4.69) is 36.3 Å². The Labute approximate surface area is 308 Å². The van der Waals surface area contributed by atoms with Crippen molar-refractivity contribution in [1.82, 2.24) is 39.1 Å². The normalized spacial score (nSPS) is 15.0. The molecular formula is C37H32BrF3N8O4. The van der Waals surface area contributed by atoms with Crippen molar-refractivity contribution in [2.75, 3.05) is 0 Å². The average Bonchev–Trinajstić information content (AvgIpc) is 3.67. The number of rotatable bonds is 8. The number of nitrogens with one attached hydrogen (secondary N) is 1. The summed E-state index contributed by atoms with van der Waals surface area (Å²) in [5.41, 5.74) is 3.09. The van der Waals surface area contributed by atoms with Gasteiger partial charge in [-0.3, -0.25) is 23.4 Å². The minimum atomic E-state index is -4.84. The highest BCUT2D eigenvalue weighted by molar-refractivity contribution is 9.10. The molecule has 0 bridgehead atoms. The monoisotopic (exact) mass is 788 g/mol. The van der Waals surface area contributed by atoms with Crippen LogP contribution in [-0.2, 0) is 26.2 Å². The van der Waals surface area contributed by atoms with Crippen molar-refractivity contribution in [3.8, 4) is 17.1 Å². The van der Waals surface area contributed by atoms with E-state index in [1.54, 1.807) is 47.6 Å². The fraction of sp³-hybridized carbons (Fsp3) is 0.243. The number of amides is 2. The second-order valence-electron chi connectivity index (χ2n) is 12.8. The molecule has 0 fully saturated rings. The first-order valence-electron chi connectivity index (χ1n) is 16.6. The van der Waals surface area contributed by atoms with Gasteiger partial charge in [0.1, 0.15) is 5.69 Å². The zero-order chi connectivity index (χ0) is 37.6. The van der Waals surface area contributed by atoms with E-state index in [0.29, 0.717) is 28.0 Å². The molecule has 16 heteroatoms. The molecule has 3 aromatic heterocycles. The van der Waals surface area contributed by atoms with Crippen LogP contribution in [-0.4, -0.2) is 69.0 Å². The zero-order valence-corrected chi connectivity index (χ0v) is 30.0. The smallest absolute Gasteiger partial charge is 0.382 e. The molecule has 1 aliphatic rings. The van der Waals surface area contributed by atoms with Crippen LogP contribution < -0.4 is 11.0 Å². The fourth-order valence-electron chi connectivity index (χ4n) is 6.52. The van der Waals surface area contributed by atoms with Gasteiger partial charge in [-0.05, 0) is 67.4 Å². The van der Waals surface area contributed by atoms with Crippen LogP contribution in [0, 0.1) is 6.92 Å². The molecule has 0 saturated carbocycles. The van der Waals surface area contributed by atoms with Crippen LogP contribution in [0.25, 0.3) is 28.0 Å². The van der Waals surface area contributed by atoms with Crippen LogP contribution in [0.5, 0.6) is 0 Å². The number of imidazole rings is 1. The number of alkyl halides is 3. The Kier molecular flexibility index (Phi) is 9.50. The van der Waals surface area contributed by atoms with Crippen molar-refractivity contribution < 1.29 is 27.9 Å². The lowest BCUT2D eigenvalue weighted by Crippen LogP contribution is -2.47. The summed E-state index contributed by atoms with van der Waals surface area (Å²) in [6.07, 6.45) is -2.90. The Hall–Kier alpha value is -5.61. The maximum atomic E-state index is 14.4. The number of halogens is 4. The van der Waals surface area contributed by atoms with E-state index < -0.39 is 36.5 Å². The fourth-order valence-corrected chi connectivity index (χ4v) is 6.77. The third-order valence-corrected chi connectivity index (χ3v) is 10.2. The molecule has 0 radical (unpaired) electrons. The minimum absolute atomic E-state index is 0.000589. The predicted molar refractivity (Wildman–Crippen MR) is 192 cm³/mol. The number of benzene rings is 3. The molecule has 4 heterocycles. The van der Waals surface area contributed by atoms with E-state index in [1.807, 2.05) is 38.1 Å². The maximum Gasteiger partial charge on any atom is 0.416 e. The van der Waals surface area contributed by atoms with Gasteiger partial charge in [-0.15, -0.1) is 0 Å². The highest BCUT2D eigenvalue weighted by Gasteiger charge is 2.39. The quantitative estimate of drug-likeness (QED) is 0.210. The topological polar surface area (TPSA) is 140 Å². The number of aryl methyl sites for hydroxylation is 1. The second kappa shape index (κ2) is 14.1. The van der Waals surface area contributed by atoms with Crippen LogP contribution in [0.3, 0.4) is 0 Å². The molecular weight excluding hydrogens is 757 g/mol. The molecule has 12 nitrogen and oxygen atoms in total. The second-order valence-corrected chi connectivity index (χ2v) is 13.7. The summed E-state index contributed by atoms with van der Waals surface area (Å²) in [4.78, 5) is 52.8. The van der Waals surface area contributed by atoms with Gasteiger partial charge in [0.2, 0.25) is 0 Å². The molecule has 0 aliphatic carbocycles. The third kappa shape index (κ3) is 6.87. The Morgan fingerprint density at radius 1 is 1.06 bits per heavy atom. The van der Waals surface area contributed by atoms with E-state index in [-0.39, 0.29) is 42.4 Å². The summed E-state index contributed by atoms with van der Waals surface area (Å²) >= 11 is 3.47. The number of aliphatic hydroxyl groups excluding tert-OH is 1. The van der Waals surface area contributed by atoms with E-state index >= 15 is 0 Å². The van der Waals surface area contributed by atoms with Crippen molar-refractivity contribution in [3.05, 3.63) is 128 Å². The lowest BCUT2D eigenvalue weighted by atomic mass is 10.1. The minimum Gasteiger partial charge on any atom is -0.382 e. The Balaban J connectivity index is 1.29. The largest absolute Gasteiger partial charge is 0.416 e. The first kappa shape index (κ1) is 35.8. The maximum absolute atomic E-state index is 14.4. The lowest BCUT2D eigenvalue weighted by molar-refractivity contribution is -0.207. The molecule has 53 heavy (non-hydrogen) atoms. The molecule has 272 valence electrons. The van der Waals surface area contributed by atoms with Gasteiger partial charge in [0.15, 0.2) is 11.9 Å².